The van der Waals surface area contributed by atoms with Crippen LogP contribution in [-0.4, -0.2) is 61.7 Å². The summed E-state index contributed by atoms with van der Waals surface area (Å²) in [5.74, 6) is 1.93. The van der Waals surface area contributed by atoms with Crippen LogP contribution in [-0.2, 0) is 9.53 Å². The minimum Gasteiger partial charge on any atom is -0.377 e. The summed E-state index contributed by atoms with van der Waals surface area (Å²) in [7, 11) is 0. The average molecular weight is 391 g/mol. The number of likely N-dealkylation sites (tertiary alicyclic amines) is 1. The van der Waals surface area contributed by atoms with Crippen molar-refractivity contribution in [3.8, 4) is 0 Å². The maximum Gasteiger partial charge on any atom is 0.222 e. The molecule has 1 amide bonds. The Morgan fingerprint density at radius 3 is 2.93 bits per heavy atom. The van der Waals surface area contributed by atoms with Crippen molar-refractivity contribution in [2.24, 2.45) is 16.3 Å². The monoisotopic (exact) mass is 390 g/mol. The molecule has 0 aromatic carbocycles. The van der Waals surface area contributed by atoms with Crippen LogP contribution in [0.5, 0.6) is 0 Å². The van der Waals surface area contributed by atoms with Gasteiger partial charge in [-0.3, -0.25) is 9.79 Å². The summed E-state index contributed by atoms with van der Waals surface area (Å²) in [6.45, 7) is 6.46. The van der Waals surface area contributed by atoms with Crippen LogP contribution in [0.3, 0.4) is 0 Å². The lowest BCUT2D eigenvalue weighted by Gasteiger charge is -2.57. The van der Waals surface area contributed by atoms with Crippen LogP contribution in [0.2, 0.25) is 0 Å². The van der Waals surface area contributed by atoms with Gasteiger partial charge in [0.15, 0.2) is 5.96 Å². The van der Waals surface area contributed by atoms with E-state index in [1.54, 1.807) is 0 Å². The van der Waals surface area contributed by atoms with E-state index in [0.717, 1.165) is 64.4 Å². The van der Waals surface area contributed by atoms with Gasteiger partial charge in [0.2, 0.25) is 5.91 Å². The molecule has 4 fully saturated rings. The normalized spacial score (nSPS) is 32.2. The van der Waals surface area contributed by atoms with Crippen molar-refractivity contribution in [3.05, 3.63) is 0 Å². The van der Waals surface area contributed by atoms with Gasteiger partial charge in [-0.15, -0.1) is 0 Å². The van der Waals surface area contributed by atoms with E-state index in [1.165, 1.54) is 38.5 Å². The van der Waals surface area contributed by atoms with Crippen molar-refractivity contribution < 1.29 is 9.53 Å². The number of nitrogens with one attached hydrogen (secondary N) is 2. The average Bonchev–Trinajstić information content (AvgIpc) is 3.31. The lowest BCUT2D eigenvalue weighted by atomic mass is 9.54. The number of rotatable bonds is 6. The zero-order chi connectivity index (χ0) is 19.4. The molecule has 2 saturated heterocycles. The molecule has 1 spiro atoms. The predicted octanol–water partition coefficient (Wildman–Crippen LogP) is 2.68. The molecule has 2 aliphatic carbocycles. The fraction of sp³-hybridized carbons (Fsp3) is 0.909. The first kappa shape index (κ1) is 20.0. The number of amides is 1. The summed E-state index contributed by atoms with van der Waals surface area (Å²) in [5, 5.41) is 7.24. The van der Waals surface area contributed by atoms with E-state index < -0.39 is 0 Å². The van der Waals surface area contributed by atoms with Crippen LogP contribution < -0.4 is 10.6 Å². The number of carbonyl (C=O) groups is 1. The second kappa shape index (κ2) is 9.02. The second-order valence-electron chi connectivity index (χ2n) is 9.11. The van der Waals surface area contributed by atoms with Crippen molar-refractivity contribution in [1.29, 1.82) is 0 Å². The summed E-state index contributed by atoms with van der Waals surface area (Å²) in [6, 6.07) is 0.507. The van der Waals surface area contributed by atoms with E-state index in [1.807, 2.05) is 4.90 Å². The van der Waals surface area contributed by atoms with Gasteiger partial charge in [0.05, 0.1) is 6.10 Å². The first-order chi connectivity index (χ1) is 13.7. The molecule has 2 heterocycles. The van der Waals surface area contributed by atoms with E-state index in [9.17, 15) is 4.79 Å². The molecular formula is C22H38N4O2. The van der Waals surface area contributed by atoms with Crippen LogP contribution in [0.25, 0.3) is 0 Å². The number of hydrogen-bond acceptors (Lipinski definition) is 3. The van der Waals surface area contributed by atoms with Gasteiger partial charge in [0.25, 0.3) is 0 Å². The maximum atomic E-state index is 12.1. The van der Waals surface area contributed by atoms with Crippen molar-refractivity contribution in [1.82, 2.24) is 15.5 Å². The van der Waals surface area contributed by atoms with Crippen LogP contribution in [0.1, 0.15) is 71.1 Å². The fourth-order valence-electron chi connectivity index (χ4n) is 6.10. The number of carbonyl (C=O) groups excluding carboxylic acids is 1. The van der Waals surface area contributed by atoms with Gasteiger partial charge >= 0.3 is 0 Å². The summed E-state index contributed by atoms with van der Waals surface area (Å²) < 4.78 is 6.11. The number of ether oxygens (including phenoxy) is 1. The van der Waals surface area contributed by atoms with E-state index in [2.05, 4.69) is 17.6 Å². The Labute approximate surface area is 169 Å². The summed E-state index contributed by atoms with van der Waals surface area (Å²) in [4.78, 5) is 19.0. The van der Waals surface area contributed by atoms with Crippen LogP contribution in [0.4, 0.5) is 0 Å². The molecule has 4 rings (SSSR count). The molecule has 4 aliphatic rings. The Balaban J connectivity index is 1.31. The van der Waals surface area contributed by atoms with Crippen molar-refractivity contribution in [2.45, 2.75) is 83.3 Å². The number of guanidine groups is 1. The molecule has 0 aromatic rings. The third kappa shape index (κ3) is 3.89. The first-order valence-electron chi connectivity index (χ1n) is 11.7. The SMILES string of the molecule is CCNC(=NCCCN1CCCCCC1=O)NC1C2CCOC2C12CCCC2. The smallest absolute Gasteiger partial charge is 0.222 e. The topological polar surface area (TPSA) is 66.0 Å². The van der Waals surface area contributed by atoms with Gasteiger partial charge < -0.3 is 20.3 Å². The molecule has 2 saturated carbocycles. The molecule has 0 radical (unpaired) electrons. The van der Waals surface area contributed by atoms with Crippen molar-refractivity contribution in [2.75, 3.05) is 32.8 Å². The minimum absolute atomic E-state index is 0.330. The Morgan fingerprint density at radius 2 is 2.11 bits per heavy atom. The second-order valence-corrected chi connectivity index (χ2v) is 9.11. The first-order valence-corrected chi connectivity index (χ1v) is 11.7. The van der Waals surface area contributed by atoms with E-state index in [0.29, 0.717) is 29.4 Å². The van der Waals surface area contributed by atoms with Crippen LogP contribution in [0.15, 0.2) is 4.99 Å². The summed E-state index contributed by atoms with van der Waals surface area (Å²) >= 11 is 0. The Morgan fingerprint density at radius 1 is 1.25 bits per heavy atom. The molecule has 3 atom stereocenters. The van der Waals surface area contributed by atoms with Gasteiger partial charge in [-0.05, 0) is 45.4 Å². The van der Waals surface area contributed by atoms with Crippen molar-refractivity contribution >= 4 is 11.9 Å². The molecule has 3 unspecified atom stereocenters. The quantitative estimate of drug-likeness (QED) is 0.416. The van der Waals surface area contributed by atoms with Crippen molar-refractivity contribution in [3.63, 3.8) is 0 Å². The molecule has 6 heteroatoms. The molecular weight excluding hydrogens is 352 g/mol. The lowest BCUT2D eigenvalue weighted by Crippen LogP contribution is -2.69. The van der Waals surface area contributed by atoms with Gasteiger partial charge in [0.1, 0.15) is 0 Å². The van der Waals surface area contributed by atoms with Gasteiger partial charge in [-0.1, -0.05) is 19.3 Å². The highest BCUT2D eigenvalue weighted by Gasteiger charge is 2.65. The minimum atomic E-state index is 0.330. The van der Waals surface area contributed by atoms with Gasteiger partial charge in [-0.25, -0.2) is 0 Å². The van der Waals surface area contributed by atoms with Gasteiger partial charge in [0, 0.05) is 56.6 Å². The summed E-state index contributed by atoms with van der Waals surface area (Å²) in [5.41, 5.74) is 0.343. The largest absolute Gasteiger partial charge is 0.377 e. The number of aliphatic imine (C=N–C) groups is 1. The van der Waals surface area contributed by atoms with E-state index >= 15 is 0 Å². The lowest BCUT2D eigenvalue weighted by molar-refractivity contribution is -0.130. The Kier molecular flexibility index (Phi) is 6.44. The number of nitrogens with zero attached hydrogens (tertiary/aromatic N) is 2. The van der Waals surface area contributed by atoms with Crippen LogP contribution in [0, 0.1) is 11.3 Å². The maximum absolute atomic E-state index is 12.1. The molecule has 0 aromatic heterocycles. The highest BCUT2D eigenvalue weighted by Crippen LogP contribution is 2.60. The number of fused-ring (bicyclic) bond motifs is 2. The van der Waals surface area contributed by atoms with E-state index in [-0.39, 0.29) is 0 Å². The third-order valence-corrected chi connectivity index (χ3v) is 7.45. The Hall–Kier alpha value is -1.30. The highest BCUT2D eigenvalue weighted by molar-refractivity contribution is 5.80. The highest BCUT2D eigenvalue weighted by atomic mass is 16.5. The molecule has 28 heavy (non-hydrogen) atoms. The zero-order valence-electron chi connectivity index (χ0n) is 17.5. The molecule has 6 nitrogen and oxygen atoms in total. The zero-order valence-corrected chi connectivity index (χ0v) is 17.5. The van der Waals surface area contributed by atoms with E-state index in [4.69, 9.17) is 9.73 Å². The molecule has 2 aliphatic heterocycles. The molecule has 2 N–H and O–H groups in total. The predicted molar refractivity (Wildman–Crippen MR) is 111 cm³/mol. The standard InChI is InChI=1S/C22H38N4O2/c1-2-23-21(24-13-8-15-26-14-7-3-4-9-18(26)27)25-19-17-10-16-28-20(17)22(19)11-5-6-12-22/h17,19-20H,2-16H2,1H3,(H2,23,24,25). The summed E-state index contributed by atoms with van der Waals surface area (Å²) in [6.07, 6.45) is 12.0. The van der Waals surface area contributed by atoms with Gasteiger partial charge in [-0.2, -0.15) is 0 Å². The molecule has 0 bridgehead atoms. The van der Waals surface area contributed by atoms with Crippen LogP contribution >= 0.6 is 0 Å². The number of hydrogen-bond donors (Lipinski definition) is 2. The fourth-order valence-corrected chi connectivity index (χ4v) is 6.10. The molecule has 158 valence electrons. The third-order valence-electron chi connectivity index (χ3n) is 7.45. The Bertz CT molecular complexity index is 573.